The lowest BCUT2D eigenvalue weighted by Crippen LogP contribution is -2.27. The summed E-state index contributed by atoms with van der Waals surface area (Å²) in [5.41, 5.74) is 0.791. The molecule has 0 unspecified atom stereocenters. The molecule has 6 nitrogen and oxygen atoms in total. The number of nitrogens with zero attached hydrogens (tertiary/aromatic N) is 2. The molecule has 0 aliphatic carbocycles. The van der Waals surface area contributed by atoms with Crippen molar-refractivity contribution in [3.05, 3.63) is 76.2 Å². The molecule has 0 bridgehead atoms. The third-order valence-corrected chi connectivity index (χ3v) is 8.67. The molecule has 4 rings (SSSR count). The smallest absolute Gasteiger partial charge is 0.263 e. The van der Waals surface area contributed by atoms with Crippen LogP contribution in [0.5, 0.6) is 0 Å². The molecule has 0 aliphatic heterocycles. The Bertz CT molecular complexity index is 1360. The molecule has 10 heteroatoms. The lowest BCUT2D eigenvalue weighted by atomic mass is 10.2. The minimum atomic E-state index is -3.56. The molecule has 3 aromatic heterocycles. The molecular formula is C21H19N3O3S4. The Balaban J connectivity index is 1.56. The summed E-state index contributed by atoms with van der Waals surface area (Å²) < 4.78 is 28.9. The fourth-order valence-electron chi connectivity index (χ4n) is 3.02. The Morgan fingerprint density at radius 3 is 2.68 bits per heavy atom. The Labute approximate surface area is 192 Å². The number of nitrogens with one attached hydrogen (secondary N) is 1. The van der Waals surface area contributed by atoms with Crippen LogP contribution in [0.2, 0.25) is 0 Å². The Hall–Kier alpha value is -2.24. The van der Waals surface area contributed by atoms with E-state index in [2.05, 4.69) is 11.3 Å². The number of hydrogen-bond donors (Lipinski definition) is 1. The highest BCUT2D eigenvalue weighted by molar-refractivity contribution is 7.99. The second kappa shape index (κ2) is 9.49. The first kappa shape index (κ1) is 22.0. The van der Waals surface area contributed by atoms with Crippen LogP contribution >= 0.6 is 34.4 Å². The highest BCUT2D eigenvalue weighted by Crippen LogP contribution is 2.34. The Morgan fingerprint density at radius 1 is 1.16 bits per heavy atom. The minimum Gasteiger partial charge on any atom is -0.283 e. The van der Waals surface area contributed by atoms with Crippen LogP contribution in [0, 0.1) is 0 Å². The van der Waals surface area contributed by atoms with Crippen molar-refractivity contribution >= 4 is 54.7 Å². The van der Waals surface area contributed by atoms with Crippen molar-refractivity contribution in [2.45, 2.75) is 16.6 Å². The molecule has 3 heterocycles. The molecule has 31 heavy (non-hydrogen) atoms. The van der Waals surface area contributed by atoms with Crippen LogP contribution in [-0.2, 0) is 16.6 Å². The van der Waals surface area contributed by atoms with E-state index < -0.39 is 10.0 Å². The first-order valence-corrected chi connectivity index (χ1v) is 13.6. The van der Waals surface area contributed by atoms with Gasteiger partial charge < -0.3 is 0 Å². The summed E-state index contributed by atoms with van der Waals surface area (Å²) in [6, 6.07) is 12.2. The van der Waals surface area contributed by atoms with Crippen LogP contribution in [-0.4, -0.2) is 30.3 Å². The van der Waals surface area contributed by atoms with Crippen molar-refractivity contribution in [1.29, 1.82) is 0 Å². The van der Waals surface area contributed by atoms with Gasteiger partial charge in [0.15, 0.2) is 5.16 Å². The lowest BCUT2D eigenvalue weighted by molar-refractivity contribution is 0.584. The standard InChI is InChI=1S/C21H19N3O3S4/c1-2-11-24-20(25)18-16(17-9-6-12-28-17)14-30-19(18)23-21(24)29-13-10-22-31(26,27)15-7-4-3-5-8-15/h2-9,12,14,22H,1,10-11,13H2. The Morgan fingerprint density at radius 2 is 1.97 bits per heavy atom. The van der Waals surface area contributed by atoms with Gasteiger partial charge in [0.1, 0.15) is 4.83 Å². The molecule has 0 spiro atoms. The molecule has 0 radical (unpaired) electrons. The van der Waals surface area contributed by atoms with Gasteiger partial charge in [-0.05, 0) is 23.6 Å². The average molecular weight is 490 g/mol. The SMILES string of the molecule is C=CCn1c(SCCNS(=O)(=O)c2ccccc2)nc2scc(-c3cccs3)c2c1=O. The lowest BCUT2D eigenvalue weighted by Gasteiger charge is -2.11. The first-order valence-electron chi connectivity index (χ1n) is 9.35. The normalized spacial score (nSPS) is 11.7. The van der Waals surface area contributed by atoms with E-state index in [-0.39, 0.29) is 17.0 Å². The van der Waals surface area contributed by atoms with Gasteiger partial charge in [-0.25, -0.2) is 18.1 Å². The van der Waals surface area contributed by atoms with E-state index >= 15 is 0 Å². The van der Waals surface area contributed by atoms with Crippen molar-refractivity contribution in [3.63, 3.8) is 0 Å². The summed E-state index contributed by atoms with van der Waals surface area (Å²) >= 11 is 4.37. The number of rotatable bonds is 9. The molecule has 160 valence electrons. The fourth-order valence-corrected chi connectivity index (χ4v) is 6.87. The molecular weight excluding hydrogens is 471 g/mol. The van der Waals surface area contributed by atoms with Gasteiger partial charge in [0, 0.05) is 34.7 Å². The third kappa shape index (κ3) is 4.68. The van der Waals surface area contributed by atoms with Crippen molar-refractivity contribution in [2.24, 2.45) is 0 Å². The van der Waals surface area contributed by atoms with E-state index in [1.165, 1.54) is 23.1 Å². The average Bonchev–Trinajstić information content (AvgIpc) is 3.44. The van der Waals surface area contributed by atoms with Gasteiger partial charge in [-0.15, -0.1) is 29.3 Å². The van der Waals surface area contributed by atoms with Crippen LogP contribution in [0.3, 0.4) is 0 Å². The fraction of sp³-hybridized carbons (Fsp3) is 0.143. The number of sulfonamides is 1. The van der Waals surface area contributed by atoms with Gasteiger partial charge in [0.2, 0.25) is 10.0 Å². The van der Waals surface area contributed by atoms with Crippen molar-refractivity contribution in [1.82, 2.24) is 14.3 Å². The van der Waals surface area contributed by atoms with E-state index in [0.29, 0.717) is 27.7 Å². The highest BCUT2D eigenvalue weighted by atomic mass is 32.2. The minimum absolute atomic E-state index is 0.109. The third-order valence-electron chi connectivity index (χ3n) is 4.44. The molecule has 0 atom stereocenters. The van der Waals surface area contributed by atoms with E-state index in [1.807, 2.05) is 22.9 Å². The molecule has 0 saturated heterocycles. The molecule has 0 saturated carbocycles. The van der Waals surface area contributed by atoms with E-state index in [0.717, 1.165) is 10.4 Å². The van der Waals surface area contributed by atoms with E-state index in [1.54, 1.807) is 52.3 Å². The molecule has 0 amide bonds. The molecule has 0 fully saturated rings. The summed E-state index contributed by atoms with van der Waals surface area (Å²) in [6.45, 7) is 4.31. The van der Waals surface area contributed by atoms with Gasteiger partial charge in [-0.1, -0.05) is 42.1 Å². The zero-order valence-corrected chi connectivity index (χ0v) is 19.6. The van der Waals surface area contributed by atoms with Gasteiger partial charge in [0.05, 0.1) is 10.3 Å². The van der Waals surface area contributed by atoms with Crippen LogP contribution in [0.1, 0.15) is 0 Å². The molecule has 0 aliphatic rings. The van der Waals surface area contributed by atoms with Crippen LogP contribution in [0.4, 0.5) is 0 Å². The monoisotopic (exact) mass is 489 g/mol. The predicted octanol–water partition coefficient (Wildman–Crippen LogP) is 4.44. The summed E-state index contributed by atoms with van der Waals surface area (Å²) in [5, 5.41) is 5.11. The predicted molar refractivity (Wildman–Crippen MR) is 130 cm³/mol. The quantitative estimate of drug-likeness (QED) is 0.163. The van der Waals surface area contributed by atoms with Gasteiger partial charge in [0.25, 0.3) is 5.56 Å². The summed E-state index contributed by atoms with van der Waals surface area (Å²) in [5.74, 6) is 0.435. The van der Waals surface area contributed by atoms with Gasteiger partial charge in [-0.3, -0.25) is 9.36 Å². The van der Waals surface area contributed by atoms with Crippen LogP contribution < -0.4 is 10.3 Å². The maximum Gasteiger partial charge on any atom is 0.263 e. The van der Waals surface area contributed by atoms with Crippen LogP contribution in [0.25, 0.3) is 20.7 Å². The number of hydrogen-bond acceptors (Lipinski definition) is 7. The zero-order valence-electron chi connectivity index (χ0n) is 16.4. The van der Waals surface area contributed by atoms with Crippen molar-refractivity contribution in [3.8, 4) is 10.4 Å². The zero-order chi connectivity index (χ0) is 21.8. The second-order valence-electron chi connectivity index (χ2n) is 6.46. The number of thioether (sulfide) groups is 1. The Kier molecular flexibility index (Phi) is 6.73. The van der Waals surface area contributed by atoms with E-state index in [4.69, 9.17) is 4.98 Å². The van der Waals surface area contributed by atoms with Gasteiger partial charge >= 0.3 is 0 Å². The van der Waals surface area contributed by atoms with E-state index in [9.17, 15) is 13.2 Å². The number of allylic oxidation sites excluding steroid dienone is 1. The number of thiophene rings is 2. The van der Waals surface area contributed by atoms with Crippen molar-refractivity contribution in [2.75, 3.05) is 12.3 Å². The number of aromatic nitrogens is 2. The maximum atomic E-state index is 13.3. The summed E-state index contributed by atoms with van der Waals surface area (Å²) in [4.78, 5) is 19.9. The molecule has 1 aromatic carbocycles. The van der Waals surface area contributed by atoms with Crippen LogP contribution in [0.15, 0.2) is 80.7 Å². The number of fused-ring (bicyclic) bond motifs is 1. The first-order chi connectivity index (χ1) is 15.0. The summed E-state index contributed by atoms with van der Waals surface area (Å²) in [7, 11) is -3.56. The maximum absolute atomic E-state index is 13.3. The molecule has 4 aromatic rings. The topological polar surface area (TPSA) is 81.1 Å². The second-order valence-corrected chi connectivity index (χ2v) is 11.1. The van der Waals surface area contributed by atoms with Gasteiger partial charge in [-0.2, -0.15) is 0 Å². The van der Waals surface area contributed by atoms with Crippen molar-refractivity contribution < 1.29 is 8.42 Å². The molecule has 1 N–H and O–H groups in total. The number of benzene rings is 1. The summed E-state index contributed by atoms with van der Waals surface area (Å²) in [6.07, 6.45) is 1.66. The largest absolute Gasteiger partial charge is 0.283 e. The highest BCUT2D eigenvalue weighted by Gasteiger charge is 2.18.